The average molecular weight is 386 g/mol. The number of sulfone groups is 1. The van der Waals surface area contributed by atoms with E-state index in [9.17, 15) is 13.2 Å². The predicted octanol–water partition coefficient (Wildman–Crippen LogP) is 2.50. The van der Waals surface area contributed by atoms with E-state index in [4.69, 9.17) is 16.3 Å². The number of amides is 1. The molecule has 0 radical (unpaired) electrons. The number of methoxy groups -OCH3 is 1. The summed E-state index contributed by atoms with van der Waals surface area (Å²) in [5, 5.41) is 0.692. The van der Waals surface area contributed by atoms with Crippen LogP contribution in [0.15, 0.2) is 24.3 Å². The highest BCUT2D eigenvalue weighted by Crippen LogP contribution is 2.50. The molecule has 1 aromatic rings. The zero-order valence-corrected chi connectivity index (χ0v) is 15.9. The number of hydrogen-bond acceptors (Lipinski definition) is 4. The molecule has 1 aromatic carbocycles. The van der Waals surface area contributed by atoms with Crippen molar-refractivity contribution in [3.05, 3.63) is 34.9 Å². The van der Waals surface area contributed by atoms with E-state index < -0.39 is 9.84 Å². The van der Waals surface area contributed by atoms with E-state index in [1.165, 1.54) is 0 Å². The second kappa shape index (κ2) is 7.64. The van der Waals surface area contributed by atoms with Gasteiger partial charge in [-0.3, -0.25) is 4.79 Å². The van der Waals surface area contributed by atoms with E-state index in [2.05, 4.69) is 0 Å². The number of rotatable bonds is 7. The van der Waals surface area contributed by atoms with Gasteiger partial charge in [-0.05, 0) is 36.8 Å². The Morgan fingerprint density at radius 3 is 2.76 bits per heavy atom. The molecular formula is C18H24ClNO4S. The van der Waals surface area contributed by atoms with Crippen LogP contribution in [0.2, 0.25) is 5.02 Å². The van der Waals surface area contributed by atoms with Crippen LogP contribution in [0.4, 0.5) is 0 Å². The lowest BCUT2D eigenvalue weighted by atomic mass is 10.1. The van der Waals surface area contributed by atoms with E-state index in [1.54, 1.807) is 12.0 Å². The molecule has 1 aliphatic carbocycles. The second-order valence-corrected chi connectivity index (χ2v) is 9.54. The first-order chi connectivity index (χ1) is 11.9. The van der Waals surface area contributed by atoms with E-state index in [1.807, 2.05) is 24.3 Å². The Morgan fingerprint density at radius 2 is 2.12 bits per heavy atom. The summed E-state index contributed by atoms with van der Waals surface area (Å²) in [7, 11) is -1.40. The quantitative estimate of drug-likeness (QED) is 0.676. The van der Waals surface area contributed by atoms with Gasteiger partial charge >= 0.3 is 0 Å². The van der Waals surface area contributed by atoms with E-state index in [0.29, 0.717) is 31.0 Å². The molecule has 0 bridgehead atoms. The van der Waals surface area contributed by atoms with Crippen LogP contribution in [0, 0.1) is 5.92 Å². The monoisotopic (exact) mass is 385 g/mol. The third-order valence-electron chi connectivity index (χ3n) is 5.09. The average Bonchev–Trinajstić information content (AvgIpc) is 3.28. The fourth-order valence-corrected chi connectivity index (χ4v) is 5.68. The van der Waals surface area contributed by atoms with Crippen molar-refractivity contribution in [3.63, 3.8) is 0 Å². The molecule has 3 unspecified atom stereocenters. The van der Waals surface area contributed by atoms with Crippen molar-refractivity contribution in [1.82, 2.24) is 4.90 Å². The van der Waals surface area contributed by atoms with Crippen LogP contribution in [0.1, 0.15) is 30.7 Å². The Bertz CT molecular complexity index is 736. The number of carbonyl (C=O) groups excluding carboxylic acids is 1. The number of benzene rings is 1. The molecule has 0 spiro atoms. The normalized spacial score (nSPS) is 27.2. The van der Waals surface area contributed by atoms with Crippen LogP contribution in [0.3, 0.4) is 0 Å². The van der Waals surface area contributed by atoms with Gasteiger partial charge in [0.2, 0.25) is 5.91 Å². The van der Waals surface area contributed by atoms with Crippen molar-refractivity contribution >= 4 is 27.3 Å². The molecule has 0 aromatic heterocycles. The molecule has 5 nitrogen and oxygen atoms in total. The molecule has 138 valence electrons. The molecule has 1 amide bonds. The molecule has 25 heavy (non-hydrogen) atoms. The Labute approximate surface area is 154 Å². The highest BCUT2D eigenvalue weighted by atomic mass is 35.5. The van der Waals surface area contributed by atoms with Crippen LogP contribution >= 0.6 is 11.6 Å². The molecule has 1 heterocycles. The van der Waals surface area contributed by atoms with Gasteiger partial charge < -0.3 is 9.64 Å². The summed E-state index contributed by atoms with van der Waals surface area (Å²) < 4.78 is 28.8. The summed E-state index contributed by atoms with van der Waals surface area (Å²) in [6.07, 6.45) is 2.02. The van der Waals surface area contributed by atoms with E-state index in [-0.39, 0.29) is 35.3 Å². The van der Waals surface area contributed by atoms with Crippen LogP contribution in [-0.2, 0) is 19.4 Å². The van der Waals surface area contributed by atoms with Gasteiger partial charge in [0.1, 0.15) is 0 Å². The summed E-state index contributed by atoms with van der Waals surface area (Å²) in [5.41, 5.74) is 1.01. The van der Waals surface area contributed by atoms with Gasteiger partial charge in [-0.15, -0.1) is 0 Å². The minimum absolute atomic E-state index is 0.0584. The van der Waals surface area contributed by atoms with E-state index in [0.717, 1.165) is 12.0 Å². The molecular weight excluding hydrogens is 362 g/mol. The van der Waals surface area contributed by atoms with Crippen molar-refractivity contribution < 1.29 is 17.9 Å². The molecule has 1 aliphatic heterocycles. The molecule has 1 saturated carbocycles. The molecule has 2 aliphatic rings. The summed E-state index contributed by atoms with van der Waals surface area (Å²) in [4.78, 5) is 14.8. The minimum atomic E-state index is -3.03. The number of ether oxygens (including phenoxy) is 1. The van der Waals surface area contributed by atoms with Crippen LogP contribution < -0.4 is 0 Å². The lowest BCUT2D eigenvalue weighted by molar-refractivity contribution is -0.134. The summed E-state index contributed by atoms with van der Waals surface area (Å²) in [6, 6.07) is 7.42. The second-order valence-electron chi connectivity index (χ2n) is 6.91. The van der Waals surface area contributed by atoms with Gasteiger partial charge in [-0.1, -0.05) is 29.8 Å². The Kier molecular flexibility index (Phi) is 5.71. The first-order valence-electron chi connectivity index (χ1n) is 8.67. The molecule has 0 N–H and O–H groups in total. The highest BCUT2D eigenvalue weighted by Gasteiger charge is 2.48. The van der Waals surface area contributed by atoms with Crippen molar-refractivity contribution in [1.29, 1.82) is 0 Å². The maximum absolute atomic E-state index is 13.0. The fraction of sp³-hybridized carbons (Fsp3) is 0.611. The molecule has 3 rings (SSSR count). The zero-order valence-electron chi connectivity index (χ0n) is 14.4. The number of hydrogen-bond donors (Lipinski definition) is 0. The standard InChI is InChI=1S/C18H24ClNO4S/c1-24-9-4-8-20(13-7-10-25(22,23)12-13)18(21)16-11-15(16)14-5-2-3-6-17(14)19/h2-3,5-6,13,15-16H,4,7-12H2,1H3. The van der Waals surface area contributed by atoms with Crippen molar-refractivity contribution in [3.8, 4) is 0 Å². The largest absolute Gasteiger partial charge is 0.385 e. The molecule has 3 atom stereocenters. The van der Waals surface area contributed by atoms with Crippen molar-refractivity contribution in [2.45, 2.75) is 31.2 Å². The predicted molar refractivity (Wildman–Crippen MR) is 97.6 cm³/mol. The zero-order chi connectivity index (χ0) is 18.0. The molecule has 2 fully saturated rings. The van der Waals surface area contributed by atoms with Gasteiger partial charge in [0.15, 0.2) is 9.84 Å². The van der Waals surface area contributed by atoms with Gasteiger partial charge in [0, 0.05) is 37.2 Å². The van der Waals surface area contributed by atoms with Gasteiger partial charge in [-0.2, -0.15) is 0 Å². The smallest absolute Gasteiger partial charge is 0.226 e. The van der Waals surface area contributed by atoms with Crippen molar-refractivity contribution in [2.75, 3.05) is 31.8 Å². The lowest BCUT2D eigenvalue weighted by Crippen LogP contribution is -2.43. The number of carbonyl (C=O) groups is 1. The number of halogens is 1. The first-order valence-corrected chi connectivity index (χ1v) is 10.9. The molecule has 1 saturated heterocycles. The first kappa shape index (κ1) is 18.7. The Hall–Kier alpha value is -1.11. The minimum Gasteiger partial charge on any atom is -0.385 e. The Balaban J connectivity index is 1.70. The number of nitrogens with zero attached hydrogens (tertiary/aromatic N) is 1. The van der Waals surface area contributed by atoms with Gasteiger partial charge in [0.05, 0.1) is 11.5 Å². The lowest BCUT2D eigenvalue weighted by Gasteiger charge is -2.28. The summed E-state index contributed by atoms with van der Waals surface area (Å²) in [6.45, 7) is 1.10. The summed E-state index contributed by atoms with van der Waals surface area (Å²) >= 11 is 6.25. The molecule has 7 heteroatoms. The third kappa shape index (κ3) is 4.36. The van der Waals surface area contributed by atoms with Crippen LogP contribution in [-0.4, -0.2) is 57.0 Å². The van der Waals surface area contributed by atoms with E-state index >= 15 is 0 Å². The third-order valence-corrected chi connectivity index (χ3v) is 7.19. The van der Waals surface area contributed by atoms with Crippen LogP contribution in [0.5, 0.6) is 0 Å². The topological polar surface area (TPSA) is 63.7 Å². The van der Waals surface area contributed by atoms with Crippen LogP contribution in [0.25, 0.3) is 0 Å². The maximum Gasteiger partial charge on any atom is 0.226 e. The Morgan fingerprint density at radius 1 is 1.36 bits per heavy atom. The maximum atomic E-state index is 13.0. The summed E-state index contributed by atoms with van der Waals surface area (Å²) in [5.74, 6) is 0.359. The van der Waals surface area contributed by atoms with Gasteiger partial charge in [0.25, 0.3) is 0 Å². The SMILES string of the molecule is COCCCN(C(=O)C1CC1c1ccccc1Cl)C1CCS(=O)(=O)C1. The fourth-order valence-electron chi connectivity index (χ4n) is 3.67. The highest BCUT2D eigenvalue weighted by molar-refractivity contribution is 7.91. The van der Waals surface area contributed by atoms with Crippen molar-refractivity contribution in [2.24, 2.45) is 5.92 Å². The van der Waals surface area contributed by atoms with Gasteiger partial charge in [-0.25, -0.2) is 8.42 Å².